The molecule has 1 fully saturated rings. The standard InChI is InChI=1S/C23H29F3N2.C23H16O6/c1-3-5-20-16-19(9-8-18(20)2)10-11-27-12-14-28(15-13-27)22-7-4-6-21(17-22)23(24,25)26;24-20-16(14-7-3-1-5-12(14)9-18(20)22(26)27)11-17-15-8-4-2-6-13(15)10-19(21(17)25)23(28)29/h4,6-9,16-17H,3,5,10-15H2,1-2H3;1-10,24-25H,11H2,(H,26,27)(H,28,29). The first-order valence-corrected chi connectivity index (χ1v) is 18.9. The lowest BCUT2D eigenvalue weighted by atomic mass is 9.90. The lowest BCUT2D eigenvalue weighted by Gasteiger charge is -2.36. The Morgan fingerprint density at radius 1 is 0.684 bits per heavy atom. The topological polar surface area (TPSA) is 122 Å². The van der Waals surface area contributed by atoms with Crippen LogP contribution in [0.25, 0.3) is 21.5 Å². The van der Waals surface area contributed by atoms with Crippen LogP contribution in [-0.4, -0.2) is 70.0 Å². The summed E-state index contributed by atoms with van der Waals surface area (Å²) < 4.78 is 38.8. The van der Waals surface area contributed by atoms with E-state index >= 15 is 0 Å². The van der Waals surface area contributed by atoms with Gasteiger partial charge in [-0.05, 0) is 88.3 Å². The maximum absolute atomic E-state index is 12.9. The van der Waals surface area contributed by atoms with Crippen molar-refractivity contribution in [1.29, 1.82) is 0 Å². The van der Waals surface area contributed by atoms with Gasteiger partial charge in [0, 0.05) is 56.0 Å². The van der Waals surface area contributed by atoms with E-state index in [9.17, 15) is 43.2 Å². The Hall–Kier alpha value is -6.07. The summed E-state index contributed by atoms with van der Waals surface area (Å²) in [4.78, 5) is 27.7. The molecule has 0 radical (unpaired) electrons. The van der Waals surface area contributed by atoms with E-state index in [1.54, 1.807) is 54.6 Å². The second kappa shape index (κ2) is 17.4. The summed E-state index contributed by atoms with van der Waals surface area (Å²) in [5.74, 6) is -3.36. The maximum atomic E-state index is 12.9. The number of piperazine rings is 1. The number of hydrogen-bond acceptors (Lipinski definition) is 6. The molecule has 0 amide bonds. The Kier molecular flexibility index (Phi) is 12.4. The molecule has 6 aromatic rings. The first-order valence-electron chi connectivity index (χ1n) is 18.9. The van der Waals surface area contributed by atoms with Crippen LogP contribution in [0.4, 0.5) is 18.9 Å². The van der Waals surface area contributed by atoms with E-state index in [-0.39, 0.29) is 17.5 Å². The highest BCUT2D eigenvalue weighted by Crippen LogP contribution is 2.39. The first-order chi connectivity index (χ1) is 27.2. The molecule has 0 spiro atoms. The molecule has 0 aliphatic carbocycles. The highest BCUT2D eigenvalue weighted by atomic mass is 19.4. The predicted octanol–water partition coefficient (Wildman–Crippen LogP) is 9.72. The molecule has 8 nitrogen and oxygen atoms in total. The normalized spacial score (nSPS) is 13.4. The van der Waals surface area contributed by atoms with Gasteiger partial charge in [0.15, 0.2) is 0 Å². The molecule has 11 heteroatoms. The Labute approximate surface area is 329 Å². The summed E-state index contributed by atoms with van der Waals surface area (Å²) in [5.41, 5.74) is 4.37. The zero-order valence-corrected chi connectivity index (χ0v) is 31.8. The summed E-state index contributed by atoms with van der Waals surface area (Å²) >= 11 is 0. The minimum Gasteiger partial charge on any atom is -0.507 e. The van der Waals surface area contributed by atoms with E-state index in [1.165, 1.54) is 41.0 Å². The molecule has 0 saturated carbocycles. The van der Waals surface area contributed by atoms with Gasteiger partial charge in [-0.3, -0.25) is 4.90 Å². The van der Waals surface area contributed by atoms with Crippen molar-refractivity contribution in [3.8, 4) is 11.5 Å². The van der Waals surface area contributed by atoms with Crippen LogP contribution in [0, 0.1) is 6.92 Å². The lowest BCUT2D eigenvalue weighted by Crippen LogP contribution is -2.47. The molecule has 0 aromatic heterocycles. The number of carbonyl (C=O) groups is 2. The minimum absolute atomic E-state index is 0.0407. The van der Waals surface area contributed by atoms with Gasteiger partial charge in [-0.2, -0.15) is 13.2 Å². The van der Waals surface area contributed by atoms with E-state index in [4.69, 9.17) is 0 Å². The number of aromatic hydroxyl groups is 2. The number of alkyl halides is 3. The molecule has 1 aliphatic rings. The Morgan fingerprint density at radius 3 is 1.77 bits per heavy atom. The van der Waals surface area contributed by atoms with Crippen molar-refractivity contribution in [2.24, 2.45) is 0 Å². The summed E-state index contributed by atoms with van der Waals surface area (Å²) in [6, 6.07) is 29.2. The number of carboxylic acid groups (broad SMARTS) is 2. The van der Waals surface area contributed by atoms with Crippen molar-refractivity contribution in [3.63, 3.8) is 0 Å². The summed E-state index contributed by atoms with van der Waals surface area (Å²) in [7, 11) is 0. The fraction of sp³-hybridized carbons (Fsp3) is 0.261. The molecule has 57 heavy (non-hydrogen) atoms. The lowest BCUT2D eigenvalue weighted by molar-refractivity contribution is -0.137. The van der Waals surface area contributed by atoms with Gasteiger partial charge in [0.25, 0.3) is 0 Å². The number of fused-ring (bicyclic) bond motifs is 2. The van der Waals surface area contributed by atoms with Gasteiger partial charge in [-0.15, -0.1) is 0 Å². The maximum Gasteiger partial charge on any atom is 0.416 e. The molecule has 0 bridgehead atoms. The number of hydrogen-bond donors (Lipinski definition) is 4. The zero-order chi connectivity index (χ0) is 40.9. The number of halogens is 3. The van der Waals surface area contributed by atoms with Gasteiger partial charge in [0.1, 0.15) is 22.6 Å². The van der Waals surface area contributed by atoms with E-state index < -0.39 is 35.2 Å². The number of carboxylic acids is 2. The molecule has 1 heterocycles. The number of rotatable bonds is 10. The number of aryl methyl sites for hydroxylation is 2. The van der Waals surface area contributed by atoms with Gasteiger partial charge >= 0.3 is 18.1 Å². The number of anilines is 1. The third-order valence-corrected chi connectivity index (χ3v) is 10.6. The molecule has 1 aliphatic heterocycles. The first kappa shape index (κ1) is 40.6. The van der Waals surface area contributed by atoms with Crippen molar-refractivity contribution in [1.82, 2.24) is 4.90 Å². The summed E-state index contributed by atoms with van der Waals surface area (Å²) in [6.45, 7) is 8.64. The molecule has 0 atom stereocenters. The van der Waals surface area contributed by atoms with Crippen molar-refractivity contribution in [2.45, 2.75) is 45.7 Å². The van der Waals surface area contributed by atoms with E-state index in [2.05, 4.69) is 41.8 Å². The minimum atomic E-state index is -4.29. The quantitative estimate of drug-likeness (QED) is 0.109. The molecule has 1 saturated heterocycles. The van der Waals surface area contributed by atoms with Crippen LogP contribution in [0.1, 0.15) is 67.4 Å². The number of benzene rings is 6. The third-order valence-electron chi connectivity index (χ3n) is 10.6. The summed E-state index contributed by atoms with van der Waals surface area (Å²) in [5, 5.41) is 42.8. The third kappa shape index (κ3) is 9.32. The van der Waals surface area contributed by atoms with Gasteiger partial charge in [-0.25, -0.2) is 9.59 Å². The largest absolute Gasteiger partial charge is 0.507 e. The smallest absolute Gasteiger partial charge is 0.416 e. The molecular weight excluding hydrogens is 734 g/mol. The van der Waals surface area contributed by atoms with Crippen molar-refractivity contribution in [3.05, 3.63) is 148 Å². The number of phenols is 2. The molecule has 296 valence electrons. The highest BCUT2D eigenvalue weighted by molar-refractivity contribution is 6.02. The fourth-order valence-corrected chi connectivity index (χ4v) is 7.50. The van der Waals surface area contributed by atoms with Crippen LogP contribution < -0.4 is 4.90 Å². The van der Waals surface area contributed by atoms with Gasteiger partial charge in [0.05, 0.1) is 5.56 Å². The molecule has 7 rings (SSSR count). The summed E-state index contributed by atoms with van der Waals surface area (Å²) in [6.07, 6.45) is -1.04. The number of nitrogens with zero attached hydrogens (tertiary/aromatic N) is 2. The number of aromatic carboxylic acids is 2. The van der Waals surface area contributed by atoms with E-state index in [0.717, 1.165) is 58.1 Å². The second-order valence-electron chi connectivity index (χ2n) is 14.4. The van der Waals surface area contributed by atoms with Crippen molar-refractivity contribution < 1.29 is 43.2 Å². The van der Waals surface area contributed by atoms with Crippen LogP contribution in [0.5, 0.6) is 11.5 Å². The van der Waals surface area contributed by atoms with Gasteiger partial charge in [-0.1, -0.05) is 86.1 Å². The van der Waals surface area contributed by atoms with Crippen molar-refractivity contribution in [2.75, 3.05) is 37.6 Å². The second-order valence-corrected chi connectivity index (χ2v) is 14.4. The SMILES string of the molecule is CCCc1cc(CCN2CCN(c3cccc(C(F)(F)F)c3)CC2)ccc1C.O=C(O)c1cc2ccccc2c(Cc2c(O)c(C(=O)O)cc3ccccc23)c1O. The van der Waals surface area contributed by atoms with Crippen LogP contribution in [0.2, 0.25) is 0 Å². The van der Waals surface area contributed by atoms with E-state index in [1.807, 2.05) is 0 Å². The van der Waals surface area contributed by atoms with Gasteiger partial charge in [0.2, 0.25) is 0 Å². The molecule has 4 N–H and O–H groups in total. The van der Waals surface area contributed by atoms with Crippen LogP contribution in [-0.2, 0) is 25.4 Å². The average molecular weight is 779 g/mol. The van der Waals surface area contributed by atoms with Crippen LogP contribution >= 0.6 is 0 Å². The van der Waals surface area contributed by atoms with Gasteiger partial charge < -0.3 is 25.3 Å². The average Bonchev–Trinajstić information content (AvgIpc) is 3.20. The molecule has 0 unspecified atom stereocenters. The van der Waals surface area contributed by atoms with Crippen LogP contribution in [0.3, 0.4) is 0 Å². The monoisotopic (exact) mass is 778 g/mol. The molecular formula is C46H45F3N2O6. The Bertz CT molecular complexity index is 2320. The predicted molar refractivity (Wildman–Crippen MR) is 217 cm³/mol. The molecule has 6 aromatic carbocycles. The highest BCUT2D eigenvalue weighted by Gasteiger charge is 2.31. The zero-order valence-electron chi connectivity index (χ0n) is 31.8. The van der Waals surface area contributed by atoms with Crippen molar-refractivity contribution >= 4 is 39.2 Å². The Balaban J connectivity index is 0.000000193. The fourth-order valence-electron chi connectivity index (χ4n) is 7.50. The van der Waals surface area contributed by atoms with E-state index in [0.29, 0.717) is 38.4 Å². The Morgan fingerprint density at radius 2 is 1.25 bits per heavy atom. The van der Waals surface area contributed by atoms with Crippen LogP contribution in [0.15, 0.2) is 103 Å².